The highest BCUT2D eigenvalue weighted by Gasteiger charge is 2.43. The molecule has 5 rings (SSSR count). The number of hydrogen-bond acceptors (Lipinski definition) is 7. The number of para-hydroxylation sites is 3. The number of nitro benzene ring substituents is 1. The molecule has 3 N–H and O–H groups in total. The molecule has 2 fully saturated rings. The van der Waals surface area contributed by atoms with E-state index in [-0.39, 0.29) is 23.9 Å². The van der Waals surface area contributed by atoms with E-state index in [0.29, 0.717) is 37.1 Å². The zero-order valence-electron chi connectivity index (χ0n) is 20.4. The smallest absolute Gasteiger partial charge is 0.292 e. The number of fused-ring (bicyclic) bond motifs is 1. The summed E-state index contributed by atoms with van der Waals surface area (Å²) in [5.41, 5.74) is -0.0724. The molecule has 2 heterocycles. The van der Waals surface area contributed by atoms with E-state index in [1.54, 1.807) is 35.2 Å². The summed E-state index contributed by atoms with van der Waals surface area (Å²) in [4.78, 5) is 39.5. The van der Waals surface area contributed by atoms with Gasteiger partial charge in [-0.15, -0.1) is 0 Å². The van der Waals surface area contributed by atoms with Crippen LogP contribution in [0.4, 0.5) is 11.4 Å². The van der Waals surface area contributed by atoms with Gasteiger partial charge in [0.2, 0.25) is 5.91 Å². The Morgan fingerprint density at radius 2 is 1.81 bits per heavy atom. The van der Waals surface area contributed by atoms with Crippen LogP contribution in [0.3, 0.4) is 0 Å². The fourth-order valence-corrected chi connectivity index (χ4v) is 5.45. The minimum absolute atomic E-state index is 0.0216. The first-order valence-electron chi connectivity index (χ1n) is 12.6. The van der Waals surface area contributed by atoms with Crippen molar-refractivity contribution in [1.82, 2.24) is 10.6 Å². The van der Waals surface area contributed by atoms with Crippen molar-refractivity contribution < 1.29 is 24.0 Å². The highest BCUT2D eigenvalue weighted by atomic mass is 16.6. The van der Waals surface area contributed by atoms with Gasteiger partial charge in [-0.05, 0) is 37.5 Å². The first kappa shape index (κ1) is 24.8. The van der Waals surface area contributed by atoms with E-state index in [1.807, 2.05) is 18.2 Å². The Morgan fingerprint density at radius 3 is 2.54 bits per heavy atom. The lowest BCUT2D eigenvalue weighted by Crippen LogP contribution is -2.64. The highest BCUT2D eigenvalue weighted by molar-refractivity contribution is 6.00. The predicted octanol–water partition coefficient (Wildman–Crippen LogP) is 3.53. The molecule has 2 unspecified atom stereocenters. The van der Waals surface area contributed by atoms with Gasteiger partial charge in [0.25, 0.3) is 11.6 Å². The number of aliphatic hydroxyl groups is 1. The molecule has 2 aliphatic rings. The molecule has 1 aromatic heterocycles. The van der Waals surface area contributed by atoms with Gasteiger partial charge < -0.3 is 25.1 Å². The van der Waals surface area contributed by atoms with E-state index in [0.717, 1.165) is 24.6 Å². The lowest BCUT2D eigenvalue weighted by Gasteiger charge is -2.41. The van der Waals surface area contributed by atoms with Crippen molar-refractivity contribution in [1.29, 1.82) is 0 Å². The van der Waals surface area contributed by atoms with E-state index in [2.05, 4.69) is 10.6 Å². The van der Waals surface area contributed by atoms with Crippen LogP contribution in [-0.2, 0) is 4.79 Å². The van der Waals surface area contributed by atoms with Crippen molar-refractivity contribution in [2.24, 2.45) is 0 Å². The third-order valence-electron chi connectivity index (χ3n) is 7.46. The van der Waals surface area contributed by atoms with Gasteiger partial charge in [-0.1, -0.05) is 49.6 Å². The Kier molecular flexibility index (Phi) is 6.84. The summed E-state index contributed by atoms with van der Waals surface area (Å²) in [6, 6.07) is 14.9. The molecule has 194 valence electrons. The van der Waals surface area contributed by atoms with Crippen molar-refractivity contribution in [2.45, 2.75) is 56.2 Å². The molecular formula is C27H30N4O6. The minimum atomic E-state index is -1.09. The predicted molar refractivity (Wildman–Crippen MR) is 137 cm³/mol. The Balaban J connectivity index is 1.28. The van der Waals surface area contributed by atoms with Gasteiger partial charge in [0.15, 0.2) is 5.76 Å². The molecule has 2 aromatic carbocycles. The fraction of sp³-hybridized carbons (Fsp3) is 0.407. The van der Waals surface area contributed by atoms with Crippen LogP contribution in [0.2, 0.25) is 0 Å². The number of amides is 2. The average Bonchev–Trinajstić information content (AvgIpc) is 3.35. The molecule has 10 nitrogen and oxygen atoms in total. The van der Waals surface area contributed by atoms with Crippen LogP contribution in [0.1, 0.15) is 49.1 Å². The molecule has 3 aromatic rings. The number of benzene rings is 2. The van der Waals surface area contributed by atoms with Gasteiger partial charge in [0, 0.05) is 24.5 Å². The quantitative estimate of drug-likeness (QED) is 0.343. The molecule has 1 saturated carbocycles. The minimum Gasteiger partial charge on any atom is -0.451 e. The second kappa shape index (κ2) is 10.2. The van der Waals surface area contributed by atoms with Gasteiger partial charge >= 0.3 is 0 Å². The van der Waals surface area contributed by atoms with E-state index in [9.17, 15) is 24.8 Å². The van der Waals surface area contributed by atoms with Gasteiger partial charge in [-0.2, -0.15) is 0 Å². The van der Waals surface area contributed by atoms with E-state index >= 15 is 0 Å². The Hall–Kier alpha value is -3.92. The van der Waals surface area contributed by atoms with Crippen LogP contribution in [-0.4, -0.2) is 52.6 Å². The lowest BCUT2D eigenvalue weighted by atomic mass is 9.80. The molecule has 2 atom stereocenters. The maximum absolute atomic E-state index is 13.6. The van der Waals surface area contributed by atoms with Gasteiger partial charge in [0.05, 0.1) is 17.1 Å². The van der Waals surface area contributed by atoms with Gasteiger partial charge in [0.1, 0.15) is 16.8 Å². The van der Waals surface area contributed by atoms with E-state index in [1.165, 1.54) is 6.07 Å². The second-order valence-corrected chi connectivity index (χ2v) is 9.87. The summed E-state index contributed by atoms with van der Waals surface area (Å²) < 4.78 is 5.71. The van der Waals surface area contributed by atoms with Crippen LogP contribution in [0, 0.1) is 10.1 Å². The van der Waals surface area contributed by atoms with Crippen molar-refractivity contribution in [3.05, 3.63) is 70.5 Å². The van der Waals surface area contributed by atoms with Gasteiger partial charge in [-0.3, -0.25) is 19.7 Å². The van der Waals surface area contributed by atoms with Crippen LogP contribution in [0.5, 0.6) is 0 Å². The van der Waals surface area contributed by atoms with Crippen molar-refractivity contribution >= 4 is 34.2 Å². The summed E-state index contributed by atoms with van der Waals surface area (Å²) in [6.07, 6.45) is 3.05. The number of carbonyl (C=O) groups is 2. The SMILES string of the molecule is O=C(NC1(C(=O)NC2CCN(c3ccccc3[N+](=O)[O-])CC2O)CCCCC1)c1cc2ccccc2o1. The van der Waals surface area contributed by atoms with Crippen LogP contribution >= 0.6 is 0 Å². The van der Waals surface area contributed by atoms with Crippen molar-refractivity contribution in [3.63, 3.8) is 0 Å². The third-order valence-corrected chi connectivity index (χ3v) is 7.46. The molecule has 0 radical (unpaired) electrons. The Bertz CT molecular complexity index is 1280. The number of carbonyl (C=O) groups excluding carboxylic acids is 2. The molecule has 10 heteroatoms. The van der Waals surface area contributed by atoms with Crippen molar-refractivity contribution in [2.75, 3.05) is 18.0 Å². The number of nitrogens with one attached hydrogen (secondary N) is 2. The summed E-state index contributed by atoms with van der Waals surface area (Å²) in [5, 5.41) is 29.0. The number of hydrogen-bond donors (Lipinski definition) is 3. The van der Waals surface area contributed by atoms with Crippen LogP contribution in [0.15, 0.2) is 59.0 Å². The molecule has 37 heavy (non-hydrogen) atoms. The Labute approximate surface area is 213 Å². The van der Waals surface area contributed by atoms with Gasteiger partial charge in [-0.25, -0.2) is 0 Å². The lowest BCUT2D eigenvalue weighted by molar-refractivity contribution is -0.384. The number of furan rings is 1. The molecule has 0 spiro atoms. The monoisotopic (exact) mass is 506 g/mol. The number of piperidine rings is 1. The molecule has 2 amide bonds. The highest BCUT2D eigenvalue weighted by Crippen LogP contribution is 2.32. The molecular weight excluding hydrogens is 476 g/mol. The maximum atomic E-state index is 13.6. The standard InChI is InChI=1S/C27H30N4O6/c32-22-17-30(20-9-3-4-10-21(20)31(35)36)15-12-19(22)28-26(34)27(13-6-1-7-14-27)29-25(33)24-16-18-8-2-5-11-23(18)37-24/h2-5,8-11,16,19,22,32H,1,6-7,12-15,17H2,(H,28,34)(H,29,33). The molecule has 1 aliphatic heterocycles. The van der Waals surface area contributed by atoms with Crippen molar-refractivity contribution in [3.8, 4) is 0 Å². The van der Waals surface area contributed by atoms with E-state index < -0.39 is 28.5 Å². The summed E-state index contributed by atoms with van der Waals surface area (Å²) >= 11 is 0. The number of rotatable bonds is 6. The molecule has 1 aliphatic carbocycles. The first-order valence-corrected chi connectivity index (χ1v) is 12.6. The maximum Gasteiger partial charge on any atom is 0.292 e. The number of nitro groups is 1. The molecule has 0 bridgehead atoms. The number of anilines is 1. The largest absolute Gasteiger partial charge is 0.451 e. The first-order chi connectivity index (χ1) is 17.9. The van der Waals surface area contributed by atoms with Crippen LogP contribution < -0.4 is 15.5 Å². The number of β-amino-alcohol motifs (C(OH)–C–C–N with tert-alkyl or cyclic N) is 1. The van der Waals surface area contributed by atoms with Crippen LogP contribution in [0.25, 0.3) is 11.0 Å². The zero-order chi connectivity index (χ0) is 26.0. The summed E-state index contributed by atoms with van der Waals surface area (Å²) in [6.45, 7) is 0.583. The number of nitrogens with zero attached hydrogens (tertiary/aromatic N) is 2. The second-order valence-electron chi connectivity index (χ2n) is 9.87. The summed E-state index contributed by atoms with van der Waals surface area (Å²) in [7, 11) is 0. The third kappa shape index (κ3) is 5.01. The average molecular weight is 507 g/mol. The topological polar surface area (TPSA) is 138 Å². The number of aliphatic hydroxyl groups excluding tert-OH is 1. The fourth-order valence-electron chi connectivity index (χ4n) is 5.45. The zero-order valence-corrected chi connectivity index (χ0v) is 20.4. The normalized spacial score (nSPS) is 21.4. The van der Waals surface area contributed by atoms with E-state index in [4.69, 9.17) is 4.42 Å². The Morgan fingerprint density at radius 1 is 1.08 bits per heavy atom. The summed E-state index contributed by atoms with van der Waals surface area (Å²) in [5.74, 6) is -0.614. The molecule has 1 saturated heterocycles.